The van der Waals surface area contributed by atoms with Gasteiger partial charge in [0.25, 0.3) is 5.91 Å². The Balaban J connectivity index is 1.75. The Morgan fingerprint density at radius 2 is 1.87 bits per heavy atom. The largest absolute Gasteiger partial charge is 0.344 e. The van der Waals surface area contributed by atoms with Crippen molar-refractivity contribution in [1.29, 1.82) is 0 Å². The van der Waals surface area contributed by atoms with Crippen molar-refractivity contribution in [3.05, 3.63) is 66.0 Å². The zero-order valence-electron chi connectivity index (χ0n) is 16.2. The van der Waals surface area contributed by atoms with Crippen LogP contribution in [0.5, 0.6) is 0 Å². The predicted octanol–water partition coefficient (Wildman–Crippen LogP) is 1.11. The highest BCUT2D eigenvalue weighted by molar-refractivity contribution is 6.06. The molecular weight excluding hydrogens is 391 g/mol. The van der Waals surface area contributed by atoms with Gasteiger partial charge >= 0.3 is 6.03 Å². The van der Waals surface area contributed by atoms with Crippen molar-refractivity contribution in [3.63, 3.8) is 0 Å². The minimum atomic E-state index is -0.995. The van der Waals surface area contributed by atoms with E-state index >= 15 is 0 Å². The van der Waals surface area contributed by atoms with Crippen LogP contribution in [0.3, 0.4) is 0 Å². The molecule has 3 N–H and O–H groups in total. The van der Waals surface area contributed by atoms with Crippen LogP contribution in [-0.4, -0.2) is 42.9 Å². The molecular formula is C21H21FN4O4. The van der Waals surface area contributed by atoms with E-state index in [-0.39, 0.29) is 12.8 Å². The van der Waals surface area contributed by atoms with E-state index in [1.165, 1.54) is 30.1 Å². The minimum Gasteiger partial charge on any atom is -0.344 e. The van der Waals surface area contributed by atoms with Crippen LogP contribution >= 0.6 is 0 Å². The Morgan fingerprint density at radius 3 is 2.50 bits per heavy atom. The molecule has 156 valence electrons. The second kappa shape index (κ2) is 9.17. The summed E-state index contributed by atoms with van der Waals surface area (Å²) in [7, 11) is 1.49. The predicted molar refractivity (Wildman–Crippen MR) is 107 cm³/mol. The summed E-state index contributed by atoms with van der Waals surface area (Å²) in [6.07, 6.45) is -0.103. The van der Waals surface area contributed by atoms with Gasteiger partial charge in [-0.2, -0.15) is 0 Å². The van der Waals surface area contributed by atoms with Gasteiger partial charge in [0.2, 0.25) is 11.8 Å². The molecule has 5 amide bonds. The van der Waals surface area contributed by atoms with E-state index in [0.29, 0.717) is 5.69 Å². The number of benzene rings is 2. The first-order valence-corrected chi connectivity index (χ1v) is 9.31. The topological polar surface area (TPSA) is 108 Å². The van der Waals surface area contributed by atoms with Gasteiger partial charge < -0.3 is 15.5 Å². The first-order valence-electron chi connectivity index (χ1n) is 9.31. The summed E-state index contributed by atoms with van der Waals surface area (Å²) in [4.78, 5) is 49.7. The summed E-state index contributed by atoms with van der Waals surface area (Å²) in [5, 5.41) is 7.04. The summed E-state index contributed by atoms with van der Waals surface area (Å²) in [5.41, 5.74) is 1.16. The van der Waals surface area contributed by atoms with Gasteiger partial charge in [-0.3, -0.25) is 19.7 Å². The van der Waals surface area contributed by atoms with Gasteiger partial charge in [0.15, 0.2) is 0 Å². The molecule has 0 spiro atoms. The van der Waals surface area contributed by atoms with Gasteiger partial charge in [0, 0.05) is 19.2 Å². The molecule has 0 aromatic heterocycles. The molecule has 1 saturated heterocycles. The second-order valence-electron chi connectivity index (χ2n) is 6.91. The van der Waals surface area contributed by atoms with Crippen LogP contribution in [-0.2, 0) is 20.8 Å². The Morgan fingerprint density at radius 1 is 1.13 bits per heavy atom. The summed E-state index contributed by atoms with van der Waals surface area (Å²) in [5.74, 6) is -2.10. The van der Waals surface area contributed by atoms with E-state index in [0.717, 1.165) is 5.56 Å². The highest BCUT2D eigenvalue weighted by Gasteiger charge is 2.33. The van der Waals surface area contributed by atoms with Gasteiger partial charge in [-0.15, -0.1) is 0 Å². The number of urea groups is 1. The third-order valence-electron chi connectivity index (χ3n) is 4.69. The maximum atomic E-state index is 13.6. The van der Waals surface area contributed by atoms with Crippen molar-refractivity contribution < 1.29 is 23.6 Å². The van der Waals surface area contributed by atoms with E-state index in [9.17, 15) is 23.6 Å². The van der Waals surface area contributed by atoms with E-state index in [2.05, 4.69) is 16.0 Å². The number of anilines is 1. The maximum absolute atomic E-state index is 13.6. The molecule has 3 rings (SSSR count). The lowest BCUT2D eigenvalue weighted by molar-refractivity contribution is -0.129. The first kappa shape index (κ1) is 21.0. The van der Waals surface area contributed by atoms with Crippen LogP contribution in [0.15, 0.2) is 54.6 Å². The number of likely N-dealkylation sites (N-methyl/N-ethyl adjacent to an activating group) is 1. The quantitative estimate of drug-likeness (QED) is 0.592. The number of nitrogens with zero attached hydrogens (tertiary/aromatic N) is 1. The highest BCUT2D eigenvalue weighted by Crippen LogP contribution is 2.16. The molecule has 1 unspecified atom stereocenters. The molecule has 2 aromatic carbocycles. The third kappa shape index (κ3) is 5.19. The van der Waals surface area contributed by atoms with Crippen LogP contribution < -0.4 is 20.9 Å². The van der Waals surface area contributed by atoms with E-state index < -0.39 is 41.7 Å². The summed E-state index contributed by atoms with van der Waals surface area (Å²) in [6, 6.07) is 12.0. The van der Waals surface area contributed by atoms with Crippen LogP contribution in [0.25, 0.3) is 0 Å². The lowest BCUT2D eigenvalue weighted by atomic mass is 10.0. The van der Waals surface area contributed by atoms with Crippen LogP contribution in [0.1, 0.15) is 12.0 Å². The Kier molecular flexibility index (Phi) is 6.41. The number of rotatable bonds is 7. The minimum absolute atomic E-state index is 0.203. The number of hydrogen-bond acceptors (Lipinski definition) is 4. The normalized spacial score (nSPS) is 16.4. The van der Waals surface area contributed by atoms with Gasteiger partial charge in [-0.25, -0.2) is 9.18 Å². The van der Waals surface area contributed by atoms with Gasteiger partial charge in [0.1, 0.15) is 17.9 Å². The van der Waals surface area contributed by atoms with Gasteiger partial charge in [0.05, 0.1) is 6.42 Å². The van der Waals surface area contributed by atoms with Crippen molar-refractivity contribution in [2.24, 2.45) is 0 Å². The molecule has 0 saturated carbocycles. The number of amides is 5. The fourth-order valence-electron chi connectivity index (χ4n) is 3.14. The Bertz CT molecular complexity index is 966. The smallest absolute Gasteiger partial charge is 0.322 e. The lowest BCUT2D eigenvalue weighted by Crippen LogP contribution is -2.50. The van der Waals surface area contributed by atoms with Gasteiger partial charge in [-0.1, -0.05) is 36.4 Å². The van der Waals surface area contributed by atoms with Crippen molar-refractivity contribution in [2.45, 2.75) is 24.9 Å². The van der Waals surface area contributed by atoms with Crippen LogP contribution in [0.2, 0.25) is 0 Å². The molecule has 1 heterocycles. The maximum Gasteiger partial charge on any atom is 0.322 e. The number of hydrogen-bond donors (Lipinski definition) is 3. The van der Waals surface area contributed by atoms with E-state index in [1.807, 2.05) is 30.3 Å². The molecule has 9 heteroatoms. The molecule has 0 radical (unpaired) electrons. The summed E-state index contributed by atoms with van der Waals surface area (Å²) in [6.45, 7) is 0. The first-order chi connectivity index (χ1) is 14.3. The van der Waals surface area contributed by atoms with E-state index in [1.54, 1.807) is 6.07 Å². The molecule has 1 aliphatic rings. The molecule has 2 atom stereocenters. The Labute approximate surface area is 172 Å². The molecule has 2 aromatic rings. The van der Waals surface area contributed by atoms with E-state index in [4.69, 9.17) is 0 Å². The molecule has 1 aliphatic heterocycles. The number of imide groups is 1. The zero-order chi connectivity index (χ0) is 21.7. The second-order valence-corrected chi connectivity index (χ2v) is 6.91. The molecule has 1 fully saturated rings. The number of carbonyl (C=O) groups is 4. The summed E-state index contributed by atoms with van der Waals surface area (Å²) < 4.78 is 13.6. The lowest BCUT2D eigenvalue weighted by Gasteiger charge is -2.25. The van der Waals surface area contributed by atoms with Crippen molar-refractivity contribution in [3.8, 4) is 0 Å². The zero-order valence-corrected chi connectivity index (χ0v) is 16.2. The van der Waals surface area contributed by atoms with Crippen molar-refractivity contribution in [1.82, 2.24) is 16.0 Å². The molecule has 30 heavy (non-hydrogen) atoms. The number of nitrogens with one attached hydrogen (secondary N) is 3. The number of halogens is 1. The highest BCUT2D eigenvalue weighted by atomic mass is 19.1. The Hall–Kier alpha value is -3.75. The monoisotopic (exact) mass is 412 g/mol. The van der Waals surface area contributed by atoms with Crippen molar-refractivity contribution >= 4 is 29.4 Å². The average Bonchev–Trinajstić information content (AvgIpc) is 3.03. The van der Waals surface area contributed by atoms with Crippen molar-refractivity contribution in [2.75, 3.05) is 11.9 Å². The summed E-state index contributed by atoms with van der Waals surface area (Å²) >= 11 is 0. The molecule has 0 bridgehead atoms. The molecule has 8 nitrogen and oxygen atoms in total. The van der Waals surface area contributed by atoms with Crippen LogP contribution in [0.4, 0.5) is 14.9 Å². The standard InChI is InChI=1S/C21H21FN4O4/c1-26(15-9-5-8-14(22)11-15)20(29)17(10-13-6-3-2-4-7-13)23-18(27)12-16-19(28)25-21(30)24-16/h2-9,11,16-17H,10,12H2,1H3,(H,23,27)(H2,24,25,28,30)/t16?,17-/m0/s1. The average molecular weight is 412 g/mol. The SMILES string of the molecule is CN(C(=O)[C@H](Cc1ccccc1)NC(=O)CC1NC(=O)NC1=O)c1cccc(F)c1. The fourth-order valence-corrected chi connectivity index (χ4v) is 3.14. The van der Waals surface area contributed by atoms with Gasteiger partial charge in [-0.05, 0) is 23.8 Å². The molecule has 0 aliphatic carbocycles. The number of carbonyl (C=O) groups excluding carboxylic acids is 4. The third-order valence-corrected chi connectivity index (χ3v) is 4.69. The fraction of sp³-hybridized carbons (Fsp3) is 0.238. The van der Waals surface area contributed by atoms with Crippen LogP contribution in [0, 0.1) is 5.82 Å².